The molecule has 0 heterocycles. The van der Waals surface area contributed by atoms with Crippen molar-refractivity contribution >= 4 is 11.8 Å². The van der Waals surface area contributed by atoms with Gasteiger partial charge >= 0.3 is 0 Å². The van der Waals surface area contributed by atoms with Crippen LogP contribution < -0.4 is 16.0 Å². The SMILES string of the molecule is COCCNCc1ccc(C(=O)N[C@@H](CC(C)C)C(=O)NCC#N)cc1. The Hall–Kier alpha value is -2.43. The van der Waals surface area contributed by atoms with Crippen molar-refractivity contribution < 1.29 is 14.3 Å². The molecule has 0 aliphatic heterocycles. The molecule has 0 saturated heterocycles. The van der Waals surface area contributed by atoms with Crippen LogP contribution in [0.25, 0.3) is 0 Å². The lowest BCUT2D eigenvalue weighted by Crippen LogP contribution is -2.47. The average molecular weight is 360 g/mol. The summed E-state index contributed by atoms with van der Waals surface area (Å²) in [4.78, 5) is 24.6. The molecule has 7 heteroatoms. The minimum absolute atomic E-state index is 0.0753. The van der Waals surface area contributed by atoms with E-state index in [-0.39, 0.29) is 24.3 Å². The van der Waals surface area contributed by atoms with Crippen LogP contribution in [0.1, 0.15) is 36.2 Å². The molecule has 0 unspecified atom stereocenters. The van der Waals surface area contributed by atoms with Crippen molar-refractivity contribution in [1.82, 2.24) is 16.0 Å². The maximum atomic E-state index is 12.4. The molecule has 1 aromatic rings. The third-order valence-electron chi connectivity index (χ3n) is 3.70. The van der Waals surface area contributed by atoms with Crippen LogP contribution in [0.5, 0.6) is 0 Å². The fraction of sp³-hybridized carbons (Fsp3) is 0.526. The summed E-state index contributed by atoms with van der Waals surface area (Å²) >= 11 is 0. The smallest absolute Gasteiger partial charge is 0.251 e. The van der Waals surface area contributed by atoms with Gasteiger partial charge in [0.2, 0.25) is 5.91 Å². The normalized spacial score (nSPS) is 11.7. The van der Waals surface area contributed by atoms with Crippen LogP contribution in [0.2, 0.25) is 0 Å². The number of carbonyl (C=O) groups excluding carboxylic acids is 2. The first kappa shape index (κ1) is 21.6. The van der Waals surface area contributed by atoms with Crippen molar-refractivity contribution in [1.29, 1.82) is 5.26 Å². The van der Waals surface area contributed by atoms with Gasteiger partial charge in [0, 0.05) is 25.8 Å². The van der Waals surface area contributed by atoms with Gasteiger partial charge in [0.05, 0.1) is 12.7 Å². The zero-order chi connectivity index (χ0) is 19.4. The highest BCUT2D eigenvalue weighted by Crippen LogP contribution is 2.08. The van der Waals surface area contributed by atoms with E-state index in [1.54, 1.807) is 19.2 Å². The fourth-order valence-electron chi connectivity index (χ4n) is 2.38. The number of benzene rings is 1. The lowest BCUT2D eigenvalue weighted by molar-refractivity contribution is -0.123. The number of ether oxygens (including phenoxy) is 1. The Bertz CT molecular complexity index is 608. The Morgan fingerprint density at radius 1 is 1.23 bits per heavy atom. The molecule has 1 aromatic carbocycles. The van der Waals surface area contributed by atoms with E-state index < -0.39 is 6.04 Å². The first-order valence-electron chi connectivity index (χ1n) is 8.72. The van der Waals surface area contributed by atoms with Gasteiger partial charge < -0.3 is 20.7 Å². The van der Waals surface area contributed by atoms with Crippen LogP contribution in [-0.2, 0) is 16.1 Å². The average Bonchev–Trinajstić information content (AvgIpc) is 2.62. The molecule has 0 bridgehead atoms. The molecule has 0 fully saturated rings. The second-order valence-corrected chi connectivity index (χ2v) is 6.40. The van der Waals surface area contributed by atoms with Crippen LogP contribution in [0.3, 0.4) is 0 Å². The van der Waals surface area contributed by atoms with E-state index >= 15 is 0 Å². The lowest BCUT2D eigenvalue weighted by Gasteiger charge is -2.19. The number of nitrogens with zero attached hydrogens (tertiary/aromatic N) is 1. The van der Waals surface area contributed by atoms with Crippen molar-refractivity contribution in [3.8, 4) is 6.07 Å². The van der Waals surface area contributed by atoms with Gasteiger partial charge in [0.1, 0.15) is 12.6 Å². The second kappa shape index (κ2) is 12.0. The highest BCUT2D eigenvalue weighted by Gasteiger charge is 2.22. The van der Waals surface area contributed by atoms with Gasteiger partial charge in [-0.2, -0.15) is 5.26 Å². The monoisotopic (exact) mass is 360 g/mol. The molecule has 0 aromatic heterocycles. The molecule has 0 aliphatic rings. The quantitative estimate of drug-likeness (QED) is 0.406. The Morgan fingerprint density at radius 2 is 1.92 bits per heavy atom. The Kier molecular flexibility index (Phi) is 9.98. The molecule has 3 N–H and O–H groups in total. The van der Waals surface area contributed by atoms with Gasteiger partial charge in [-0.3, -0.25) is 9.59 Å². The van der Waals surface area contributed by atoms with Crippen LogP contribution in [0, 0.1) is 17.2 Å². The van der Waals surface area contributed by atoms with Crippen molar-refractivity contribution in [2.24, 2.45) is 5.92 Å². The third-order valence-corrected chi connectivity index (χ3v) is 3.70. The highest BCUT2D eigenvalue weighted by molar-refractivity contribution is 5.97. The van der Waals surface area contributed by atoms with E-state index in [2.05, 4.69) is 16.0 Å². The van der Waals surface area contributed by atoms with Crippen molar-refractivity contribution in [2.75, 3.05) is 26.8 Å². The molecule has 0 aliphatic carbocycles. The summed E-state index contributed by atoms with van der Waals surface area (Å²) < 4.78 is 4.97. The minimum atomic E-state index is -0.661. The van der Waals surface area contributed by atoms with Gasteiger partial charge in [0.25, 0.3) is 5.91 Å². The largest absolute Gasteiger partial charge is 0.383 e. The molecule has 142 valence electrons. The Balaban J connectivity index is 2.64. The molecule has 26 heavy (non-hydrogen) atoms. The van der Waals surface area contributed by atoms with E-state index in [1.165, 1.54) is 0 Å². The number of nitrogens with one attached hydrogen (secondary N) is 3. The van der Waals surface area contributed by atoms with Gasteiger partial charge in [-0.25, -0.2) is 0 Å². The Labute approximate surface area is 155 Å². The van der Waals surface area contributed by atoms with Gasteiger partial charge in [-0.1, -0.05) is 26.0 Å². The first-order chi connectivity index (χ1) is 12.5. The van der Waals surface area contributed by atoms with E-state index in [4.69, 9.17) is 10.00 Å². The highest BCUT2D eigenvalue weighted by atomic mass is 16.5. The predicted octanol–water partition coefficient (Wildman–Crippen LogP) is 1.21. The number of hydrogen-bond donors (Lipinski definition) is 3. The van der Waals surface area contributed by atoms with Crippen molar-refractivity contribution in [2.45, 2.75) is 32.9 Å². The maximum Gasteiger partial charge on any atom is 0.251 e. The summed E-state index contributed by atoms with van der Waals surface area (Å²) in [5.41, 5.74) is 1.55. The zero-order valence-corrected chi connectivity index (χ0v) is 15.7. The van der Waals surface area contributed by atoms with Crippen LogP contribution in [0.4, 0.5) is 0 Å². The van der Waals surface area contributed by atoms with Gasteiger partial charge in [-0.05, 0) is 30.0 Å². The molecule has 0 radical (unpaired) electrons. The molecular weight excluding hydrogens is 332 g/mol. The topological polar surface area (TPSA) is 103 Å². The Morgan fingerprint density at radius 3 is 2.50 bits per heavy atom. The van der Waals surface area contributed by atoms with E-state index in [0.29, 0.717) is 25.1 Å². The maximum absolute atomic E-state index is 12.4. The summed E-state index contributed by atoms with van der Waals surface area (Å²) in [6.07, 6.45) is 0.504. The third kappa shape index (κ3) is 8.10. The summed E-state index contributed by atoms with van der Waals surface area (Å²) in [6, 6.07) is 8.43. The molecule has 0 saturated carbocycles. The molecule has 1 rings (SSSR count). The van der Waals surface area contributed by atoms with Crippen molar-refractivity contribution in [3.05, 3.63) is 35.4 Å². The lowest BCUT2D eigenvalue weighted by atomic mass is 10.0. The molecular formula is C19H28N4O3. The zero-order valence-electron chi connectivity index (χ0n) is 15.7. The number of methoxy groups -OCH3 is 1. The second-order valence-electron chi connectivity index (χ2n) is 6.40. The summed E-state index contributed by atoms with van der Waals surface area (Å²) in [5.74, 6) is -0.414. The van der Waals surface area contributed by atoms with Crippen LogP contribution in [-0.4, -0.2) is 44.7 Å². The van der Waals surface area contributed by atoms with Gasteiger partial charge in [0.15, 0.2) is 0 Å². The molecule has 0 spiro atoms. The number of rotatable bonds is 11. The van der Waals surface area contributed by atoms with Crippen LogP contribution in [0.15, 0.2) is 24.3 Å². The number of nitriles is 1. The number of amides is 2. The van der Waals surface area contributed by atoms with Crippen LogP contribution >= 0.6 is 0 Å². The summed E-state index contributed by atoms with van der Waals surface area (Å²) in [6.45, 7) is 5.97. The molecule has 2 amide bonds. The predicted molar refractivity (Wildman–Crippen MR) is 99.4 cm³/mol. The number of hydrogen-bond acceptors (Lipinski definition) is 5. The number of carbonyl (C=O) groups is 2. The van der Waals surface area contributed by atoms with E-state index in [0.717, 1.165) is 12.1 Å². The van der Waals surface area contributed by atoms with E-state index in [9.17, 15) is 9.59 Å². The molecule has 1 atom stereocenters. The van der Waals surface area contributed by atoms with E-state index in [1.807, 2.05) is 32.0 Å². The molecule has 7 nitrogen and oxygen atoms in total. The summed E-state index contributed by atoms with van der Waals surface area (Å²) in [5, 5.41) is 17.1. The van der Waals surface area contributed by atoms with Crippen molar-refractivity contribution in [3.63, 3.8) is 0 Å². The standard InChI is InChI=1S/C19H28N4O3/c1-14(2)12-17(19(25)22-9-8-20)23-18(24)16-6-4-15(5-7-16)13-21-10-11-26-3/h4-7,14,17,21H,9-13H2,1-3H3,(H,22,25)(H,23,24)/t17-/m0/s1. The minimum Gasteiger partial charge on any atom is -0.383 e. The fourth-order valence-corrected chi connectivity index (χ4v) is 2.38. The first-order valence-corrected chi connectivity index (χ1v) is 8.72. The summed E-state index contributed by atoms with van der Waals surface area (Å²) in [7, 11) is 1.65. The van der Waals surface area contributed by atoms with Gasteiger partial charge in [-0.15, -0.1) is 0 Å².